The van der Waals surface area contributed by atoms with Crippen LogP contribution < -0.4 is 10.5 Å². The molecule has 0 radical (unpaired) electrons. The van der Waals surface area contributed by atoms with E-state index in [0.29, 0.717) is 6.42 Å². The number of aliphatic hydroxyl groups is 1. The van der Waals surface area contributed by atoms with Crippen LogP contribution in [0.5, 0.6) is 5.75 Å². The molecule has 0 amide bonds. The Morgan fingerprint density at radius 1 is 1.21 bits per heavy atom. The number of nitrogens with two attached hydrogens (primary N) is 1. The van der Waals surface area contributed by atoms with Gasteiger partial charge in [0.05, 0.1) is 30.9 Å². The van der Waals surface area contributed by atoms with Crippen LogP contribution in [-0.2, 0) is 15.3 Å². The molecule has 1 aromatic rings. The van der Waals surface area contributed by atoms with Crippen LogP contribution in [-0.4, -0.2) is 30.5 Å². The average Bonchev–Trinajstić information content (AvgIpc) is 2.67. The Labute approximate surface area is 165 Å². The lowest BCUT2D eigenvalue weighted by atomic mass is 10.0. The van der Waals surface area contributed by atoms with Gasteiger partial charge in [-0.1, -0.05) is 50.8 Å². The smallest absolute Gasteiger partial charge is 0.419 e. The fraction of sp³-hybridized carbons (Fsp3) is 0.579. The van der Waals surface area contributed by atoms with Gasteiger partial charge in [-0.3, -0.25) is 4.52 Å². The van der Waals surface area contributed by atoms with Crippen molar-refractivity contribution >= 4 is 14.8 Å². The first-order valence-corrected chi connectivity index (χ1v) is 9.86. The average molecular weight is 421 g/mol. The third-order valence-electron chi connectivity index (χ3n) is 4.10. The van der Waals surface area contributed by atoms with Crippen molar-refractivity contribution in [2.45, 2.75) is 50.7 Å². The van der Waals surface area contributed by atoms with Crippen LogP contribution in [0.4, 0.5) is 13.2 Å². The van der Waals surface area contributed by atoms with Crippen molar-refractivity contribution in [1.82, 2.24) is 0 Å². The standard InChI is InChI=1S/C19H27F3NO4P/c1-2-3-4-5-6-11-26-17-8-7-15(12-16(17)19(20,21)22)9-10-18(23,13-24)14-27-28-25/h7-10,12,24H,2-6,11,13-14,23H2,1H3. The molecule has 0 bridgehead atoms. The van der Waals surface area contributed by atoms with E-state index in [2.05, 4.69) is 11.4 Å². The Morgan fingerprint density at radius 2 is 1.93 bits per heavy atom. The van der Waals surface area contributed by atoms with Crippen molar-refractivity contribution in [3.05, 3.63) is 35.4 Å². The predicted molar refractivity (Wildman–Crippen MR) is 102 cm³/mol. The molecule has 5 nitrogen and oxygen atoms in total. The molecule has 0 spiro atoms. The summed E-state index contributed by atoms with van der Waals surface area (Å²) in [4.78, 5) is 0. The predicted octanol–water partition coefficient (Wildman–Crippen LogP) is 4.98. The maximum Gasteiger partial charge on any atom is 0.419 e. The fourth-order valence-corrected chi connectivity index (χ4v) is 2.73. The van der Waals surface area contributed by atoms with E-state index in [-0.39, 0.29) is 24.5 Å². The molecule has 0 aromatic heterocycles. The van der Waals surface area contributed by atoms with E-state index in [4.69, 9.17) is 10.5 Å². The molecule has 1 aromatic carbocycles. The molecule has 0 saturated heterocycles. The highest BCUT2D eigenvalue weighted by Gasteiger charge is 2.34. The summed E-state index contributed by atoms with van der Waals surface area (Å²) in [6.45, 7) is 1.54. The maximum atomic E-state index is 13.4. The van der Waals surface area contributed by atoms with Gasteiger partial charge in [0, 0.05) is 0 Å². The Bertz CT molecular complexity index is 640. The number of benzene rings is 1. The fourth-order valence-electron chi connectivity index (χ4n) is 2.44. The molecular formula is C19H27F3NO4P. The monoisotopic (exact) mass is 421 g/mol. The topological polar surface area (TPSA) is 81.8 Å². The van der Waals surface area contributed by atoms with Crippen LogP contribution in [0.2, 0.25) is 0 Å². The third-order valence-corrected chi connectivity index (χ3v) is 4.34. The summed E-state index contributed by atoms with van der Waals surface area (Å²) >= 11 is 0. The first kappa shape index (κ1) is 24.6. The minimum absolute atomic E-state index is 0.213. The van der Waals surface area contributed by atoms with Gasteiger partial charge in [0.15, 0.2) is 0 Å². The number of hydrogen-bond acceptors (Lipinski definition) is 5. The maximum absolute atomic E-state index is 13.4. The second-order valence-corrected chi connectivity index (χ2v) is 7.00. The summed E-state index contributed by atoms with van der Waals surface area (Å²) in [5.41, 5.74) is 3.86. The molecule has 0 aliphatic heterocycles. The highest BCUT2D eigenvalue weighted by Crippen LogP contribution is 2.37. The quantitative estimate of drug-likeness (QED) is 0.347. The van der Waals surface area contributed by atoms with Crippen molar-refractivity contribution in [1.29, 1.82) is 0 Å². The molecule has 28 heavy (non-hydrogen) atoms. The van der Waals surface area contributed by atoms with Crippen LogP contribution in [0.25, 0.3) is 6.08 Å². The first-order chi connectivity index (χ1) is 13.3. The number of rotatable bonds is 13. The molecule has 0 aliphatic rings. The first-order valence-electron chi connectivity index (χ1n) is 9.13. The van der Waals surface area contributed by atoms with Crippen LogP contribution in [0.3, 0.4) is 0 Å². The van der Waals surface area contributed by atoms with Crippen molar-refractivity contribution in [3.63, 3.8) is 0 Å². The third kappa shape index (κ3) is 8.69. The summed E-state index contributed by atoms with van der Waals surface area (Å²) < 4.78 is 60.5. The van der Waals surface area contributed by atoms with E-state index in [9.17, 15) is 22.8 Å². The van der Waals surface area contributed by atoms with E-state index >= 15 is 0 Å². The second kappa shape index (κ2) is 12.2. The molecule has 0 saturated carbocycles. The molecule has 9 heteroatoms. The Kier molecular flexibility index (Phi) is 10.7. The van der Waals surface area contributed by atoms with Crippen LogP contribution in [0.1, 0.15) is 50.2 Å². The highest BCUT2D eigenvalue weighted by atomic mass is 31.1. The van der Waals surface area contributed by atoms with Gasteiger partial charge in [0.1, 0.15) is 5.75 Å². The van der Waals surface area contributed by atoms with Crippen LogP contribution in [0, 0.1) is 0 Å². The lowest BCUT2D eigenvalue weighted by Crippen LogP contribution is -2.45. The summed E-state index contributed by atoms with van der Waals surface area (Å²) in [6.07, 6.45) is 2.96. The number of alkyl halides is 3. The van der Waals surface area contributed by atoms with E-state index in [1.165, 1.54) is 24.3 Å². The number of hydrogen-bond donors (Lipinski definition) is 2. The van der Waals surface area contributed by atoms with Gasteiger partial charge in [-0.2, -0.15) is 13.2 Å². The van der Waals surface area contributed by atoms with E-state index in [1.54, 1.807) is 0 Å². The SMILES string of the molecule is CCCCCCCOc1ccc(C=CC(N)(CO)COP=O)cc1C(F)(F)F. The molecule has 0 aliphatic carbocycles. The summed E-state index contributed by atoms with van der Waals surface area (Å²) in [5, 5.41) is 9.33. The van der Waals surface area contributed by atoms with Crippen molar-refractivity contribution < 1.29 is 32.1 Å². The molecule has 0 heterocycles. The van der Waals surface area contributed by atoms with Gasteiger partial charge in [-0.15, -0.1) is 0 Å². The minimum atomic E-state index is -4.57. The molecular weight excluding hydrogens is 394 g/mol. The second-order valence-electron chi connectivity index (χ2n) is 6.59. The Balaban J connectivity index is 2.88. The molecule has 1 unspecified atom stereocenters. The van der Waals surface area contributed by atoms with Gasteiger partial charge in [-0.25, -0.2) is 4.57 Å². The minimum Gasteiger partial charge on any atom is -0.493 e. The molecule has 0 fully saturated rings. The summed E-state index contributed by atoms with van der Waals surface area (Å²) in [6, 6.07) is 3.72. The van der Waals surface area contributed by atoms with Crippen LogP contribution in [0.15, 0.2) is 24.3 Å². The highest BCUT2D eigenvalue weighted by molar-refractivity contribution is 7.17. The molecule has 158 valence electrons. The Morgan fingerprint density at radius 3 is 2.54 bits per heavy atom. The molecule has 1 rings (SSSR count). The van der Waals surface area contributed by atoms with Gasteiger partial charge < -0.3 is 15.6 Å². The number of unbranched alkanes of at least 4 members (excludes halogenated alkanes) is 4. The lowest BCUT2D eigenvalue weighted by molar-refractivity contribution is -0.139. The van der Waals surface area contributed by atoms with E-state index in [0.717, 1.165) is 31.7 Å². The summed E-state index contributed by atoms with van der Waals surface area (Å²) in [7, 11) is -0.600. The zero-order valence-electron chi connectivity index (χ0n) is 15.9. The zero-order chi connectivity index (χ0) is 21.0. The van der Waals surface area contributed by atoms with Gasteiger partial charge in [-0.05, 0) is 24.1 Å². The number of halogens is 3. The van der Waals surface area contributed by atoms with Gasteiger partial charge >= 0.3 is 14.9 Å². The van der Waals surface area contributed by atoms with Crippen molar-refractivity contribution in [2.24, 2.45) is 5.73 Å². The largest absolute Gasteiger partial charge is 0.493 e. The van der Waals surface area contributed by atoms with E-state index < -0.39 is 32.6 Å². The number of aliphatic hydroxyl groups excluding tert-OH is 1. The van der Waals surface area contributed by atoms with Gasteiger partial charge in [0.25, 0.3) is 0 Å². The van der Waals surface area contributed by atoms with Crippen molar-refractivity contribution in [2.75, 3.05) is 19.8 Å². The van der Waals surface area contributed by atoms with Gasteiger partial charge in [0.2, 0.25) is 0 Å². The van der Waals surface area contributed by atoms with Crippen molar-refractivity contribution in [3.8, 4) is 5.75 Å². The molecule has 1 atom stereocenters. The molecule has 3 N–H and O–H groups in total. The number of ether oxygens (including phenoxy) is 1. The van der Waals surface area contributed by atoms with Crippen LogP contribution >= 0.6 is 8.69 Å². The Hall–Kier alpha value is -1.47. The normalized spacial score (nSPS) is 14.5. The summed E-state index contributed by atoms with van der Waals surface area (Å²) in [5.74, 6) is -0.213. The van der Waals surface area contributed by atoms with E-state index in [1.807, 2.05) is 0 Å². The lowest BCUT2D eigenvalue weighted by Gasteiger charge is -2.21. The zero-order valence-corrected chi connectivity index (χ0v) is 16.8.